The van der Waals surface area contributed by atoms with Crippen molar-refractivity contribution >= 4 is 12.8 Å². The van der Waals surface area contributed by atoms with Crippen molar-refractivity contribution < 1.29 is 0 Å². The van der Waals surface area contributed by atoms with E-state index in [0.717, 1.165) is 10.4 Å². The zero-order valence-electron chi connectivity index (χ0n) is 7.02. The third kappa shape index (κ3) is 1.43. The predicted octanol–water partition coefficient (Wildman–Crippen LogP) is 0.410. The van der Waals surface area contributed by atoms with Crippen LogP contribution in [0.3, 0.4) is 0 Å². The first-order chi connectivity index (χ1) is 5.15. The minimum absolute atomic E-state index is 0.996. The van der Waals surface area contributed by atoms with Gasteiger partial charge in [0.2, 0.25) is 0 Å². The topological polar surface area (TPSA) is 26.0 Å². The van der Waals surface area contributed by atoms with Gasteiger partial charge in [-0.1, -0.05) is 12.6 Å². The van der Waals surface area contributed by atoms with Crippen molar-refractivity contribution in [1.29, 1.82) is 0 Å². The smallest absolute Gasteiger partial charge is 0.00174 e. The van der Waals surface area contributed by atoms with Crippen LogP contribution >= 0.6 is 0 Å². The van der Waals surface area contributed by atoms with E-state index in [9.17, 15) is 0 Å². The number of hydrogen-bond acceptors (Lipinski definition) is 1. The molecule has 1 heteroatoms. The van der Waals surface area contributed by atoms with Gasteiger partial charge < -0.3 is 5.73 Å². The van der Waals surface area contributed by atoms with Gasteiger partial charge in [-0.3, -0.25) is 0 Å². The molecule has 0 fully saturated rings. The standard InChI is InChI=1S/C10H13N/c1-7-4-9(3)10(6-11)5-8(7)2/h4-6H,3,11H2,1-2H3/b10-6-. The maximum absolute atomic E-state index is 5.40. The second-order valence-corrected chi connectivity index (χ2v) is 2.80. The van der Waals surface area contributed by atoms with Gasteiger partial charge in [0.05, 0.1) is 0 Å². The molecule has 0 bridgehead atoms. The van der Waals surface area contributed by atoms with E-state index in [0.29, 0.717) is 0 Å². The van der Waals surface area contributed by atoms with Gasteiger partial charge in [0.25, 0.3) is 0 Å². The van der Waals surface area contributed by atoms with Crippen molar-refractivity contribution in [3.05, 3.63) is 33.7 Å². The van der Waals surface area contributed by atoms with Gasteiger partial charge in [0.1, 0.15) is 0 Å². The molecule has 1 aromatic carbocycles. The molecule has 0 aliphatic heterocycles. The van der Waals surface area contributed by atoms with Crippen molar-refractivity contribution in [1.82, 2.24) is 0 Å². The lowest BCUT2D eigenvalue weighted by Crippen LogP contribution is -2.25. The van der Waals surface area contributed by atoms with Crippen LogP contribution in [0.1, 0.15) is 11.1 Å². The molecule has 58 valence electrons. The fourth-order valence-electron chi connectivity index (χ4n) is 1.05. The van der Waals surface area contributed by atoms with E-state index >= 15 is 0 Å². The first-order valence-corrected chi connectivity index (χ1v) is 3.63. The normalized spacial score (nSPS) is 12.0. The molecule has 11 heavy (non-hydrogen) atoms. The summed E-state index contributed by atoms with van der Waals surface area (Å²) in [6.07, 6.45) is 1.59. The maximum Gasteiger partial charge on any atom is 0.00174 e. The summed E-state index contributed by atoms with van der Waals surface area (Å²) < 4.78 is 0. The van der Waals surface area contributed by atoms with E-state index in [2.05, 4.69) is 26.5 Å². The molecular weight excluding hydrogens is 134 g/mol. The van der Waals surface area contributed by atoms with Crippen LogP contribution in [0, 0.1) is 13.8 Å². The number of hydrogen-bond donors (Lipinski definition) is 1. The molecular formula is C10H13N. The molecule has 0 aliphatic carbocycles. The lowest BCUT2D eigenvalue weighted by molar-refractivity contribution is 1.30. The van der Waals surface area contributed by atoms with Crippen molar-refractivity contribution in [2.75, 3.05) is 0 Å². The van der Waals surface area contributed by atoms with Crippen LogP contribution in [0.2, 0.25) is 0 Å². The Morgan fingerprint density at radius 2 is 1.82 bits per heavy atom. The Kier molecular flexibility index (Phi) is 1.99. The summed E-state index contributed by atoms with van der Waals surface area (Å²) in [5.41, 5.74) is 7.93. The first-order valence-electron chi connectivity index (χ1n) is 3.63. The van der Waals surface area contributed by atoms with Crippen LogP contribution in [0.5, 0.6) is 0 Å². The third-order valence-corrected chi connectivity index (χ3v) is 1.94. The Balaban J connectivity index is 3.59. The number of aryl methyl sites for hydroxylation is 2. The second-order valence-electron chi connectivity index (χ2n) is 2.80. The molecule has 0 unspecified atom stereocenters. The molecule has 0 amide bonds. The molecule has 0 heterocycles. The summed E-state index contributed by atoms with van der Waals surface area (Å²) in [5.74, 6) is 0. The third-order valence-electron chi connectivity index (χ3n) is 1.94. The quantitative estimate of drug-likeness (QED) is 0.565. The molecule has 0 aromatic heterocycles. The molecule has 0 saturated heterocycles. The van der Waals surface area contributed by atoms with Crippen LogP contribution < -0.4 is 16.2 Å². The van der Waals surface area contributed by atoms with Crippen LogP contribution in [0.25, 0.3) is 12.8 Å². The Morgan fingerprint density at radius 3 is 2.36 bits per heavy atom. The Hall–Kier alpha value is -1.24. The average Bonchev–Trinajstić information content (AvgIpc) is 1.97. The molecule has 0 saturated carbocycles. The van der Waals surface area contributed by atoms with Gasteiger partial charge >= 0.3 is 0 Å². The van der Waals surface area contributed by atoms with Crippen LogP contribution in [0.4, 0.5) is 0 Å². The van der Waals surface area contributed by atoms with Gasteiger partial charge in [0.15, 0.2) is 0 Å². The van der Waals surface area contributed by atoms with E-state index in [1.165, 1.54) is 11.1 Å². The van der Waals surface area contributed by atoms with E-state index in [-0.39, 0.29) is 0 Å². The van der Waals surface area contributed by atoms with Gasteiger partial charge in [-0.15, -0.1) is 0 Å². The first kappa shape index (κ1) is 7.86. The highest BCUT2D eigenvalue weighted by atomic mass is 14.5. The number of nitrogens with two attached hydrogens (primary N) is 1. The highest BCUT2D eigenvalue weighted by Crippen LogP contribution is 1.97. The minimum Gasteiger partial charge on any atom is -0.404 e. The molecule has 2 N–H and O–H groups in total. The zero-order valence-corrected chi connectivity index (χ0v) is 7.02. The highest BCUT2D eigenvalue weighted by Gasteiger charge is 1.90. The van der Waals surface area contributed by atoms with Crippen molar-refractivity contribution in [3.8, 4) is 0 Å². The van der Waals surface area contributed by atoms with Crippen molar-refractivity contribution in [2.24, 2.45) is 5.73 Å². The van der Waals surface area contributed by atoms with Crippen LogP contribution in [-0.4, -0.2) is 0 Å². The van der Waals surface area contributed by atoms with Gasteiger partial charge in [0, 0.05) is 6.20 Å². The Morgan fingerprint density at radius 1 is 1.27 bits per heavy atom. The van der Waals surface area contributed by atoms with Gasteiger partial charge in [-0.2, -0.15) is 0 Å². The summed E-state index contributed by atoms with van der Waals surface area (Å²) in [6.45, 7) is 8.03. The lowest BCUT2D eigenvalue weighted by atomic mass is 10.1. The molecule has 0 atom stereocenters. The van der Waals surface area contributed by atoms with Crippen LogP contribution in [-0.2, 0) is 0 Å². The fourth-order valence-corrected chi connectivity index (χ4v) is 1.05. The Bertz CT molecular complexity index is 363. The van der Waals surface area contributed by atoms with E-state index in [1.807, 2.05) is 6.07 Å². The van der Waals surface area contributed by atoms with Gasteiger partial charge in [-0.25, -0.2) is 0 Å². The fraction of sp³-hybridized carbons (Fsp3) is 0.200. The van der Waals surface area contributed by atoms with E-state index in [4.69, 9.17) is 5.73 Å². The molecule has 0 aliphatic rings. The minimum atomic E-state index is 0.996. The summed E-state index contributed by atoms with van der Waals surface area (Å²) in [5, 5.41) is 2.02. The molecule has 1 aromatic rings. The molecule has 1 nitrogen and oxygen atoms in total. The van der Waals surface area contributed by atoms with Crippen molar-refractivity contribution in [3.63, 3.8) is 0 Å². The van der Waals surface area contributed by atoms with Crippen molar-refractivity contribution in [2.45, 2.75) is 13.8 Å². The van der Waals surface area contributed by atoms with E-state index in [1.54, 1.807) is 6.20 Å². The molecule has 0 spiro atoms. The Labute approximate surface area is 66.9 Å². The summed E-state index contributed by atoms with van der Waals surface area (Å²) in [4.78, 5) is 0. The number of benzene rings is 1. The molecule has 1 rings (SSSR count). The van der Waals surface area contributed by atoms with Gasteiger partial charge in [-0.05, 0) is 41.5 Å². The predicted molar refractivity (Wildman–Crippen MR) is 49.3 cm³/mol. The second kappa shape index (κ2) is 2.79. The maximum atomic E-state index is 5.40. The summed E-state index contributed by atoms with van der Waals surface area (Å²) in [7, 11) is 0. The zero-order chi connectivity index (χ0) is 8.43. The number of rotatable bonds is 0. The van der Waals surface area contributed by atoms with Crippen LogP contribution in [0.15, 0.2) is 12.1 Å². The molecule has 0 radical (unpaired) electrons. The largest absolute Gasteiger partial charge is 0.404 e. The average molecular weight is 147 g/mol. The SMILES string of the molecule is C=c1cc(C)c(C)c/c1=C/N. The lowest BCUT2D eigenvalue weighted by Gasteiger charge is -1.97. The monoisotopic (exact) mass is 147 g/mol. The summed E-state index contributed by atoms with van der Waals surface area (Å²) >= 11 is 0. The summed E-state index contributed by atoms with van der Waals surface area (Å²) in [6, 6.07) is 4.10. The highest BCUT2D eigenvalue weighted by molar-refractivity contribution is 5.32. The van der Waals surface area contributed by atoms with E-state index < -0.39 is 0 Å².